The van der Waals surface area contributed by atoms with E-state index < -0.39 is 0 Å². The van der Waals surface area contributed by atoms with E-state index in [1.165, 1.54) is 11.1 Å². The van der Waals surface area contributed by atoms with Crippen molar-refractivity contribution in [3.63, 3.8) is 0 Å². The van der Waals surface area contributed by atoms with E-state index in [0.717, 1.165) is 34.9 Å². The van der Waals surface area contributed by atoms with Crippen LogP contribution in [0.3, 0.4) is 0 Å². The van der Waals surface area contributed by atoms with Crippen molar-refractivity contribution >= 4 is 5.69 Å². The largest absolute Gasteiger partial charge is 0.381 e. The van der Waals surface area contributed by atoms with Gasteiger partial charge in [-0.2, -0.15) is 0 Å². The molecular formula is C20H21N3. The standard InChI is InChI=1S/C20H21N3/c1-14-9-15(2)11-19(10-14)21-12-18-13-22-20(23-16(18)3)17-7-5-4-6-8-17/h4-11,13,21H,12H2,1-3H3. The number of anilines is 1. The summed E-state index contributed by atoms with van der Waals surface area (Å²) in [7, 11) is 0. The monoisotopic (exact) mass is 303 g/mol. The molecule has 0 bridgehead atoms. The summed E-state index contributed by atoms with van der Waals surface area (Å²) in [6.45, 7) is 6.98. The molecule has 0 aliphatic carbocycles. The molecule has 0 aliphatic rings. The highest BCUT2D eigenvalue weighted by atomic mass is 14.9. The Balaban J connectivity index is 1.76. The van der Waals surface area contributed by atoms with Crippen LogP contribution in [0.1, 0.15) is 22.4 Å². The van der Waals surface area contributed by atoms with Crippen molar-refractivity contribution < 1.29 is 0 Å². The maximum atomic E-state index is 4.64. The molecule has 3 aromatic rings. The first-order valence-corrected chi connectivity index (χ1v) is 7.82. The van der Waals surface area contributed by atoms with Gasteiger partial charge in [0.05, 0.1) is 0 Å². The molecule has 0 fully saturated rings. The summed E-state index contributed by atoms with van der Waals surface area (Å²) in [5.41, 5.74) is 6.83. The molecule has 0 amide bonds. The second kappa shape index (κ2) is 6.61. The van der Waals surface area contributed by atoms with Gasteiger partial charge in [0.1, 0.15) is 0 Å². The van der Waals surface area contributed by atoms with Gasteiger partial charge in [-0.3, -0.25) is 0 Å². The zero-order chi connectivity index (χ0) is 16.2. The minimum Gasteiger partial charge on any atom is -0.381 e. The number of hydrogen-bond acceptors (Lipinski definition) is 3. The fourth-order valence-corrected chi connectivity index (χ4v) is 2.67. The molecule has 0 radical (unpaired) electrons. The van der Waals surface area contributed by atoms with Crippen LogP contribution in [0, 0.1) is 20.8 Å². The van der Waals surface area contributed by atoms with E-state index in [2.05, 4.69) is 47.3 Å². The molecule has 0 saturated carbocycles. The molecule has 3 rings (SSSR count). The van der Waals surface area contributed by atoms with Gasteiger partial charge in [-0.05, 0) is 44.0 Å². The molecule has 1 heterocycles. The third-order valence-corrected chi connectivity index (χ3v) is 3.82. The van der Waals surface area contributed by atoms with Crippen molar-refractivity contribution in [2.75, 3.05) is 5.32 Å². The Kier molecular flexibility index (Phi) is 4.38. The Morgan fingerprint density at radius 1 is 0.913 bits per heavy atom. The highest BCUT2D eigenvalue weighted by Gasteiger charge is 2.05. The molecule has 0 atom stereocenters. The number of nitrogens with zero attached hydrogens (tertiary/aromatic N) is 2. The van der Waals surface area contributed by atoms with Gasteiger partial charge in [-0.25, -0.2) is 9.97 Å². The molecule has 1 aromatic heterocycles. The number of aryl methyl sites for hydroxylation is 3. The minimum absolute atomic E-state index is 0.726. The van der Waals surface area contributed by atoms with E-state index in [9.17, 15) is 0 Å². The number of aromatic nitrogens is 2. The third-order valence-electron chi connectivity index (χ3n) is 3.82. The van der Waals surface area contributed by atoms with Gasteiger partial charge in [0.25, 0.3) is 0 Å². The predicted molar refractivity (Wildman–Crippen MR) is 95.4 cm³/mol. The van der Waals surface area contributed by atoms with Crippen molar-refractivity contribution in [1.82, 2.24) is 9.97 Å². The molecule has 1 N–H and O–H groups in total. The topological polar surface area (TPSA) is 37.8 Å². The average Bonchev–Trinajstić information content (AvgIpc) is 2.53. The molecule has 3 nitrogen and oxygen atoms in total. The highest BCUT2D eigenvalue weighted by molar-refractivity contribution is 5.55. The van der Waals surface area contributed by atoms with Gasteiger partial charge in [0.15, 0.2) is 5.82 Å². The highest BCUT2D eigenvalue weighted by Crippen LogP contribution is 2.18. The van der Waals surface area contributed by atoms with E-state index in [-0.39, 0.29) is 0 Å². The van der Waals surface area contributed by atoms with E-state index in [1.54, 1.807) is 0 Å². The van der Waals surface area contributed by atoms with Gasteiger partial charge >= 0.3 is 0 Å². The van der Waals surface area contributed by atoms with Crippen LogP contribution in [0.15, 0.2) is 54.7 Å². The Morgan fingerprint density at radius 3 is 2.26 bits per heavy atom. The first kappa shape index (κ1) is 15.2. The van der Waals surface area contributed by atoms with E-state index in [0.29, 0.717) is 0 Å². The maximum absolute atomic E-state index is 4.64. The first-order valence-electron chi connectivity index (χ1n) is 7.82. The quantitative estimate of drug-likeness (QED) is 0.760. The molecule has 2 aromatic carbocycles. The summed E-state index contributed by atoms with van der Waals surface area (Å²) < 4.78 is 0. The maximum Gasteiger partial charge on any atom is 0.159 e. The number of benzene rings is 2. The molecule has 0 aliphatic heterocycles. The lowest BCUT2D eigenvalue weighted by molar-refractivity contribution is 1.01. The lowest BCUT2D eigenvalue weighted by Gasteiger charge is -2.11. The second-order valence-corrected chi connectivity index (χ2v) is 5.90. The number of rotatable bonds is 4. The average molecular weight is 303 g/mol. The summed E-state index contributed by atoms with van der Waals surface area (Å²) in [5, 5.41) is 3.46. The molecule has 0 unspecified atom stereocenters. The van der Waals surface area contributed by atoms with Crippen LogP contribution >= 0.6 is 0 Å². The first-order chi connectivity index (χ1) is 11.1. The number of hydrogen-bond donors (Lipinski definition) is 1. The van der Waals surface area contributed by atoms with Crippen LogP contribution in [0.25, 0.3) is 11.4 Å². The van der Waals surface area contributed by atoms with Crippen molar-refractivity contribution in [2.24, 2.45) is 0 Å². The smallest absolute Gasteiger partial charge is 0.159 e. The van der Waals surface area contributed by atoms with E-state index >= 15 is 0 Å². The van der Waals surface area contributed by atoms with Crippen LogP contribution in [0.5, 0.6) is 0 Å². The van der Waals surface area contributed by atoms with Crippen LogP contribution < -0.4 is 5.32 Å². The van der Waals surface area contributed by atoms with Crippen LogP contribution in [0.2, 0.25) is 0 Å². The van der Waals surface area contributed by atoms with Gasteiger partial charge in [-0.15, -0.1) is 0 Å². The Labute approximate surface area is 137 Å². The third kappa shape index (κ3) is 3.75. The lowest BCUT2D eigenvalue weighted by Crippen LogP contribution is -2.05. The summed E-state index contributed by atoms with van der Waals surface area (Å²) in [5.74, 6) is 0.776. The van der Waals surface area contributed by atoms with Gasteiger partial charge < -0.3 is 5.32 Å². The summed E-state index contributed by atoms with van der Waals surface area (Å²) in [4.78, 5) is 9.15. The Hall–Kier alpha value is -2.68. The molecule has 3 heteroatoms. The summed E-state index contributed by atoms with van der Waals surface area (Å²) >= 11 is 0. The van der Waals surface area contributed by atoms with Gasteiger partial charge in [0.2, 0.25) is 0 Å². The molecule has 0 saturated heterocycles. The normalized spacial score (nSPS) is 10.6. The van der Waals surface area contributed by atoms with Crippen LogP contribution in [-0.2, 0) is 6.54 Å². The fraction of sp³-hybridized carbons (Fsp3) is 0.200. The van der Waals surface area contributed by atoms with E-state index in [4.69, 9.17) is 0 Å². The minimum atomic E-state index is 0.726. The fourth-order valence-electron chi connectivity index (χ4n) is 2.67. The molecule has 0 spiro atoms. The SMILES string of the molecule is Cc1cc(C)cc(NCc2cnc(-c3ccccc3)nc2C)c1. The molecule has 23 heavy (non-hydrogen) atoms. The number of nitrogens with one attached hydrogen (secondary N) is 1. The summed E-state index contributed by atoms with van der Waals surface area (Å²) in [6, 6.07) is 16.5. The van der Waals surface area contributed by atoms with Gasteiger partial charge in [-0.1, -0.05) is 36.4 Å². The van der Waals surface area contributed by atoms with Crippen molar-refractivity contribution in [2.45, 2.75) is 27.3 Å². The summed E-state index contributed by atoms with van der Waals surface area (Å²) in [6.07, 6.45) is 1.92. The van der Waals surface area contributed by atoms with Gasteiger partial charge in [0, 0.05) is 35.2 Å². The Bertz CT molecular complexity index is 790. The molecular weight excluding hydrogens is 282 g/mol. The van der Waals surface area contributed by atoms with Crippen molar-refractivity contribution in [3.05, 3.63) is 77.1 Å². The van der Waals surface area contributed by atoms with Crippen LogP contribution in [-0.4, -0.2) is 9.97 Å². The second-order valence-electron chi connectivity index (χ2n) is 5.90. The van der Waals surface area contributed by atoms with E-state index in [1.807, 2.05) is 43.5 Å². The lowest BCUT2D eigenvalue weighted by atomic mass is 10.1. The molecule has 116 valence electrons. The zero-order valence-corrected chi connectivity index (χ0v) is 13.8. The van der Waals surface area contributed by atoms with Crippen molar-refractivity contribution in [1.29, 1.82) is 0 Å². The zero-order valence-electron chi connectivity index (χ0n) is 13.8. The Morgan fingerprint density at radius 2 is 1.61 bits per heavy atom. The van der Waals surface area contributed by atoms with Crippen LogP contribution in [0.4, 0.5) is 5.69 Å². The van der Waals surface area contributed by atoms with Crippen molar-refractivity contribution in [3.8, 4) is 11.4 Å². The predicted octanol–water partition coefficient (Wildman–Crippen LogP) is 4.68.